The Bertz CT molecular complexity index is 1270. The molecule has 0 atom stereocenters. The Labute approximate surface area is 184 Å². The predicted octanol–water partition coefficient (Wildman–Crippen LogP) is 4.48. The molecule has 0 bridgehead atoms. The second-order valence-electron chi connectivity index (χ2n) is 6.68. The molecule has 0 saturated carbocycles. The number of aromatic nitrogens is 2. The maximum atomic E-state index is 13.3. The lowest BCUT2D eigenvalue weighted by Gasteiger charge is -2.11. The summed E-state index contributed by atoms with van der Waals surface area (Å²) in [6, 6.07) is 18.3. The Hall–Kier alpha value is -3.30. The first kappa shape index (κ1) is 21.0. The number of methoxy groups -OCH3 is 2. The normalized spacial score (nSPS) is 11.3. The summed E-state index contributed by atoms with van der Waals surface area (Å²) in [5.74, 6) is 0.946. The number of nitrogens with one attached hydrogen (secondary N) is 1. The number of anilines is 1. The van der Waals surface area contributed by atoms with Crippen molar-refractivity contribution < 1.29 is 17.9 Å². The van der Waals surface area contributed by atoms with Gasteiger partial charge in [0.15, 0.2) is 11.5 Å². The maximum absolute atomic E-state index is 13.3. The molecule has 2 heterocycles. The fraction of sp³-hybridized carbons (Fsp3) is 0.136. The van der Waals surface area contributed by atoms with Crippen LogP contribution in [-0.2, 0) is 16.6 Å². The molecule has 0 aliphatic rings. The standard InChI is InChI=1S/C22H21N3O4S2/c1-28-18-11-10-17(13-19(18)29-2)24-31(26,27)21-15-25(14-16-7-4-3-5-8-16)23-22(21)20-9-6-12-30-20/h3-13,15,24H,14H2,1-2H3. The zero-order valence-electron chi connectivity index (χ0n) is 17.0. The van der Waals surface area contributed by atoms with Gasteiger partial charge in [0.25, 0.3) is 10.0 Å². The van der Waals surface area contributed by atoms with Gasteiger partial charge in [-0.25, -0.2) is 8.42 Å². The van der Waals surface area contributed by atoms with Gasteiger partial charge in [-0.1, -0.05) is 36.4 Å². The highest BCUT2D eigenvalue weighted by Crippen LogP contribution is 2.33. The van der Waals surface area contributed by atoms with Crippen LogP contribution in [0.25, 0.3) is 10.6 Å². The highest BCUT2D eigenvalue weighted by atomic mass is 32.2. The van der Waals surface area contributed by atoms with Crippen LogP contribution >= 0.6 is 11.3 Å². The molecule has 2 aromatic carbocycles. The molecular formula is C22H21N3O4S2. The Morgan fingerprint density at radius 1 is 1.00 bits per heavy atom. The van der Waals surface area contributed by atoms with Gasteiger partial charge in [-0.15, -0.1) is 11.3 Å². The largest absolute Gasteiger partial charge is 0.493 e. The van der Waals surface area contributed by atoms with Crippen LogP contribution < -0.4 is 14.2 Å². The van der Waals surface area contributed by atoms with E-state index in [1.54, 1.807) is 29.1 Å². The third kappa shape index (κ3) is 4.57. The molecule has 0 saturated heterocycles. The summed E-state index contributed by atoms with van der Waals surface area (Å²) in [5.41, 5.74) is 1.81. The summed E-state index contributed by atoms with van der Waals surface area (Å²) >= 11 is 1.44. The van der Waals surface area contributed by atoms with Crippen molar-refractivity contribution in [2.45, 2.75) is 11.4 Å². The van der Waals surface area contributed by atoms with Gasteiger partial charge in [-0.3, -0.25) is 9.40 Å². The number of nitrogens with zero attached hydrogens (tertiary/aromatic N) is 2. The van der Waals surface area contributed by atoms with Gasteiger partial charge in [-0.05, 0) is 29.1 Å². The van der Waals surface area contributed by atoms with Crippen molar-refractivity contribution in [2.24, 2.45) is 0 Å². The number of ether oxygens (including phenoxy) is 2. The predicted molar refractivity (Wildman–Crippen MR) is 121 cm³/mol. The van der Waals surface area contributed by atoms with E-state index in [9.17, 15) is 8.42 Å². The molecule has 7 nitrogen and oxygen atoms in total. The lowest BCUT2D eigenvalue weighted by molar-refractivity contribution is 0.355. The summed E-state index contributed by atoms with van der Waals surface area (Å²) in [6.07, 6.45) is 1.56. The van der Waals surface area contributed by atoms with Gasteiger partial charge in [0.2, 0.25) is 0 Å². The average molecular weight is 456 g/mol. The van der Waals surface area contributed by atoms with Crippen molar-refractivity contribution in [1.82, 2.24) is 9.78 Å². The minimum Gasteiger partial charge on any atom is -0.493 e. The molecule has 160 valence electrons. The van der Waals surface area contributed by atoms with Crippen molar-refractivity contribution in [1.29, 1.82) is 0 Å². The SMILES string of the molecule is COc1ccc(NS(=O)(=O)c2cn(Cc3ccccc3)nc2-c2cccs2)cc1OC. The molecule has 0 aliphatic heterocycles. The molecule has 4 rings (SSSR count). The first-order valence-electron chi connectivity index (χ1n) is 9.40. The van der Waals surface area contributed by atoms with E-state index in [1.165, 1.54) is 25.6 Å². The Morgan fingerprint density at radius 2 is 1.77 bits per heavy atom. The highest BCUT2D eigenvalue weighted by molar-refractivity contribution is 7.92. The first-order chi connectivity index (χ1) is 15.0. The molecule has 0 unspecified atom stereocenters. The van der Waals surface area contributed by atoms with Crippen molar-refractivity contribution >= 4 is 27.0 Å². The third-order valence-electron chi connectivity index (χ3n) is 4.60. The van der Waals surface area contributed by atoms with E-state index in [2.05, 4.69) is 9.82 Å². The minimum absolute atomic E-state index is 0.112. The summed E-state index contributed by atoms with van der Waals surface area (Å²) in [4.78, 5) is 0.889. The second-order valence-corrected chi connectivity index (χ2v) is 9.28. The van der Waals surface area contributed by atoms with E-state index < -0.39 is 10.0 Å². The molecule has 4 aromatic rings. The quantitative estimate of drug-likeness (QED) is 0.424. The fourth-order valence-electron chi connectivity index (χ4n) is 3.15. The van der Waals surface area contributed by atoms with E-state index in [1.807, 2.05) is 47.8 Å². The van der Waals surface area contributed by atoms with E-state index in [-0.39, 0.29) is 4.90 Å². The van der Waals surface area contributed by atoms with E-state index >= 15 is 0 Å². The van der Waals surface area contributed by atoms with Crippen LogP contribution in [0.2, 0.25) is 0 Å². The van der Waals surface area contributed by atoms with Crippen molar-refractivity contribution in [3.63, 3.8) is 0 Å². The van der Waals surface area contributed by atoms with Gasteiger partial charge < -0.3 is 9.47 Å². The van der Waals surface area contributed by atoms with Crippen molar-refractivity contribution in [3.05, 3.63) is 77.8 Å². The van der Waals surface area contributed by atoms with Crippen molar-refractivity contribution in [2.75, 3.05) is 18.9 Å². The minimum atomic E-state index is -3.91. The molecule has 31 heavy (non-hydrogen) atoms. The molecule has 0 aliphatic carbocycles. The number of rotatable bonds is 8. The van der Waals surface area contributed by atoms with Crippen LogP contribution in [-0.4, -0.2) is 32.4 Å². The van der Waals surface area contributed by atoms with Crippen LogP contribution in [0.5, 0.6) is 11.5 Å². The fourth-order valence-corrected chi connectivity index (χ4v) is 5.15. The van der Waals surface area contributed by atoms with Crippen LogP contribution in [0.4, 0.5) is 5.69 Å². The maximum Gasteiger partial charge on any atom is 0.265 e. The van der Waals surface area contributed by atoms with Gasteiger partial charge >= 0.3 is 0 Å². The zero-order valence-corrected chi connectivity index (χ0v) is 18.6. The average Bonchev–Trinajstić information content (AvgIpc) is 3.44. The number of benzene rings is 2. The third-order valence-corrected chi connectivity index (χ3v) is 6.85. The number of thiophene rings is 1. The van der Waals surface area contributed by atoms with Gasteiger partial charge in [0, 0.05) is 12.3 Å². The van der Waals surface area contributed by atoms with Crippen molar-refractivity contribution in [3.8, 4) is 22.1 Å². The molecular weight excluding hydrogens is 434 g/mol. The van der Waals surface area contributed by atoms with Crippen LogP contribution in [0.15, 0.2) is 77.1 Å². The molecule has 0 radical (unpaired) electrons. The van der Waals surface area contributed by atoms with Gasteiger partial charge in [-0.2, -0.15) is 5.10 Å². The molecule has 0 fully saturated rings. The number of hydrogen-bond donors (Lipinski definition) is 1. The zero-order chi connectivity index (χ0) is 21.8. The molecule has 1 N–H and O–H groups in total. The summed E-state index contributed by atoms with van der Waals surface area (Å²) in [7, 11) is -0.886. The smallest absolute Gasteiger partial charge is 0.265 e. The molecule has 0 spiro atoms. The number of sulfonamides is 1. The monoisotopic (exact) mass is 455 g/mol. The molecule has 0 amide bonds. The summed E-state index contributed by atoms with van der Waals surface area (Å²) in [6.45, 7) is 0.463. The first-order valence-corrected chi connectivity index (χ1v) is 11.8. The van der Waals surface area contributed by atoms with Crippen LogP contribution in [0.3, 0.4) is 0 Å². The molecule has 2 aromatic heterocycles. The molecule has 9 heteroatoms. The van der Waals surface area contributed by atoms with Crippen LogP contribution in [0.1, 0.15) is 5.56 Å². The highest BCUT2D eigenvalue weighted by Gasteiger charge is 2.25. The second kappa shape index (κ2) is 8.83. The van der Waals surface area contributed by atoms with E-state index in [0.717, 1.165) is 10.4 Å². The Kier molecular flexibility index (Phi) is 5.97. The summed E-state index contributed by atoms with van der Waals surface area (Å²) < 4.78 is 41.4. The van der Waals surface area contributed by atoms with Crippen LogP contribution in [0, 0.1) is 0 Å². The van der Waals surface area contributed by atoms with Gasteiger partial charge in [0.1, 0.15) is 10.6 Å². The van der Waals surface area contributed by atoms with E-state index in [4.69, 9.17) is 9.47 Å². The Morgan fingerprint density at radius 3 is 2.45 bits per heavy atom. The number of hydrogen-bond acceptors (Lipinski definition) is 6. The Balaban J connectivity index is 1.71. The van der Waals surface area contributed by atoms with Gasteiger partial charge in [0.05, 0.1) is 31.3 Å². The lowest BCUT2D eigenvalue weighted by Crippen LogP contribution is -2.13. The summed E-state index contributed by atoms with van der Waals surface area (Å²) in [5, 5.41) is 6.47. The lowest BCUT2D eigenvalue weighted by atomic mass is 10.2. The topological polar surface area (TPSA) is 82.5 Å². The van der Waals surface area contributed by atoms with E-state index in [0.29, 0.717) is 29.4 Å².